The van der Waals surface area contributed by atoms with Crippen molar-refractivity contribution in [3.8, 4) is 0 Å². The summed E-state index contributed by atoms with van der Waals surface area (Å²) < 4.78 is 16.4. The number of ether oxygens (including phenoxy) is 3. The molecule has 0 aromatic carbocycles. The lowest BCUT2D eigenvalue weighted by Crippen LogP contribution is -2.60. The Morgan fingerprint density at radius 1 is 1.19 bits per heavy atom. The Kier molecular flexibility index (Phi) is 6.96. The molecule has 96 valence electrons. The second-order valence-electron chi connectivity index (χ2n) is 4.12. The Hall–Kier alpha value is -0.160. The Labute approximate surface area is 98.6 Å². The predicted octanol–water partition coefficient (Wildman–Crippen LogP) is 1.19. The Bertz CT molecular complexity index is 178. The van der Waals surface area contributed by atoms with Crippen LogP contribution in [0.25, 0.3) is 0 Å². The zero-order valence-electron chi connectivity index (χ0n) is 10.7. The first kappa shape index (κ1) is 13.9. The summed E-state index contributed by atoms with van der Waals surface area (Å²) in [6.45, 7) is 7.32. The maximum Gasteiger partial charge on any atom is 0.0990 e. The van der Waals surface area contributed by atoms with Gasteiger partial charge < -0.3 is 19.5 Å². The van der Waals surface area contributed by atoms with Crippen molar-refractivity contribution in [3.63, 3.8) is 0 Å². The van der Waals surface area contributed by atoms with Crippen LogP contribution in [0.3, 0.4) is 0 Å². The normalized spacial score (nSPS) is 29.1. The van der Waals surface area contributed by atoms with E-state index in [1.54, 1.807) is 7.11 Å². The van der Waals surface area contributed by atoms with Gasteiger partial charge in [-0.1, -0.05) is 6.92 Å². The van der Waals surface area contributed by atoms with E-state index in [0.29, 0.717) is 19.3 Å². The molecular weight excluding hydrogens is 206 g/mol. The minimum atomic E-state index is 0.216. The molecule has 0 spiro atoms. The van der Waals surface area contributed by atoms with E-state index in [9.17, 15) is 0 Å². The fourth-order valence-electron chi connectivity index (χ4n) is 1.97. The fourth-order valence-corrected chi connectivity index (χ4v) is 1.97. The van der Waals surface area contributed by atoms with Gasteiger partial charge in [-0.3, -0.25) is 0 Å². The number of hydrogen-bond donors (Lipinski definition) is 1. The monoisotopic (exact) mass is 231 g/mol. The van der Waals surface area contributed by atoms with E-state index in [0.717, 1.165) is 26.0 Å². The van der Waals surface area contributed by atoms with Crippen LogP contribution >= 0.6 is 0 Å². The zero-order chi connectivity index (χ0) is 11.8. The van der Waals surface area contributed by atoms with Crippen molar-refractivity contribution in [1.29, 1.82) is 0 Å². The van der Waals surface area contributed by atoms with Gasteiger partial charge in [0.05, 0.1) is 25.4 Å². The van der Waals surface area contributed by atoms with Crippen molar-refractivity contribution in [1.82, 2.24) is 5.32 Å². The Morgan fingerprint density at radius 2 is 2.00 bits per heavy atom. The molecule has 0 aliphatic heterocycles. The number of methoxy groups -OCH3 is 1. The third-order valence-electron chi connectivity index (χ3n) is 2.88. The summed E-state index contributed by atoms with van der Waals surface area (Å²) >= 11 is 0. The van der Waals surface area contributed by atoms with Crippen LogP contribution < -0.4 is 5.32 Å². The zero-order valence-corrected chi connectivity index (χ0v) is 10.7. The Balaban J connectivity index is 2.21. The summed E-state index contributed by atoms with van der Waals surface area (Å²) in [5.74, 6) is 0. The molecule has 3 atom stereocenters. The van der Waals surface area contributed by atoms with Crippen LogP contribution in [0.2, 0.25) is 0 Å². The van der Waals surface area contributed by atoms with Crippen molar-refractivity contribution >= 4 is 0 Å². The third-order valence-corrected chi connectivity index (χ3v) is 2.88. The fraction of sp³-hybridized carbons (Fsp3) is 1.00. The minimum absolute atomic E-state index is 0.216. The molecular formula is C12H25NO3. The first-order valence-electron chi connectivity index (χ1n) is 6.29. The van der Waals surface area contributed by atoms with Crippen LogP contribution in [0.1, 0.15) is 26.7 Å². The highest BCUT2D eigenvalue weighted by molar-refractivity contribution is 4.97. The van der Waals surface area contributed by atoms with Crippen molar-refractivity contribution in [3.05, 3.63) is 0 Å². The van der Waals surface area contributed by atoms with Gasteiger partial charge in [-0.05, 0) is 26.3 Å². The molecule has 1 aliphatic rings. The van der Waals surface area contributed by atoms with Crippen LogP contribution in [0.15, 0.2) is 0 Å². The molecule has 0 aromatic heterocycles. The summed E-state index contributed by atoms with van der Waals surface area (Å²) in [5, 5.41) is 3.49. The molecule has 4 heteroatoms. The van der Waals surface area contributed by atoms with E-state index in [1.165, 1.54) is 0 Å². The van der Waals surface area contributed by atoms with Gasteiger partial charge in [0.1, 0.15) is 0 Å². The van der Waals surface area contributed by atoms with Crippen molar-refractivity contribution in [2.75, 3.05) is 33.5 Å². The van der Waals surface area contributed by atoms with Crippen LogP contribution in [0, 0.1) is 0 Å². The molecule has 1 N–H and O–H groups in total. The quantitative estimate of drug-likeness (QED) is 0.605. The highest BCUT2D eigenvalue weighted by Gasteiger charge is 2.42. The van der Waals surface area contributed by atoms with Gasteiger partial charge in [0.15, 0.2) is 0 Å². The average Bonchev–Trinajstić information content (AvgIpc) is 2.29. The molecule has 1 aliphatic carbocycles. The van der Waals surface area contributed by atoms with Gasteiger partial charge in [0.2, 0.25) is 0 Å². The summed E-state index contributed by atoms with van der Waals surface area (Å²) in [6.07, 6.45) is 2.66. The first-order chi connectivity index (χ1) is 7.83. The molecule has 1 rings (SSSR count). The van der Waals surface area contributed by atoms with E-state index in [-0.39, 0.29) is 12.2 Å². The number of rotatable bonds is 9. The van der Waals surface area contributed by atoms with Crippen molar-refractivity contribution in [2.45, 2.75) is 44.9 Å². The van der Waals surface area contributed by atoms with Crippen LogP contribution in [0.4, 0.5) is 0 Å². The van der Waals surface area contributed by atoms with E-state index >= 15 is 0 Å². The maximum absolute atomic E-state index is 5.70. The smallest absolute Gasteiger partial charge is 0.0990 e. The van der Waals surface area contributed by atoms with Crippen LogP contribution in [-0.2, 0) is 14.2 Å². The maximum atomic E-state index is 5.70. The lowest BCUT2D eigenvalue weighted by Gasteiger charge is -2.44. The lowest BCUT2D eigenvalue weighted by molar-refractivity contribution is -0.149. The van der Waals surface area contributed by atoms with Gasteiger partial charge in [-0.2, -0.15) is 0 Å². The molecule has 0 heterocycles. The van der Waals surface area contributed by atoms with Crippen LogP contribution in [-0.4, -0.2) is 51.7 Å². The van der Waals surface area contributed by atoms with Gasteiger partial charge in [0.25, 0.3) is 0 Å². The topological polar surface area (TPSA) is 39.7 Å². The van der Waals surface area contributed by atoms with E-state index in [1.807, 2.05) is 6.92 Å². The Morgan fingerprint density at radius 3 is 2.62 bits per heavy atom. The molecule has 0 saturated heterocycles. The number of hydrogen-bond acceptors (Lipinski definition) is 4. The molecule has 0 radical (unpaired) electrons. The standard InChI is InChI=1S/C12H25NO3/c1-4-6-13-10-9-11(12(10)15-5-2)16-8-7-14-3/h10-13H,4-9H2,1-3H3. The van der Waals surface area contributed by atoms with Crippen LogP contribution in [0.5, 0.6) is 0 Å². The number of nitrogens with one attached hydrogen (secondary N) is 1. The van der Waals surface area contributed by atoms with Crippen molar-refractivity contribution < 1.29 is 14.2 Å². The second kappa shape index (κ2) is 8.01. The molecule has 1 fully saturated rings. The van der Waals surface area contributed by atoms with Crippen molar-refractivity contribution in [2.24, 2.45) is 0 Å². The summed E-state index contributed by atoms with van der Waals surface area (Å²) in [6, 6.07) is 0.465. The summed E-state index contributed by atoms with van der Waals surface area (Å²) in [5.41, 5.74) is 0. The third kappa shape index (κ3) is 4.01. The molecule has 4 nitrogen and oxygen atoms in total. The SMILES string of the molecule is CCCNC1CC(OCCOC)C1OCC. The average molecular weight is 231 g/mol. The van der Waals surface area contributed by atoms with E-state index < -0.39 is 0 Å². The van der Waals surface area contributed by atoms with E-state index in [4.69, 9.17) is 14.2 Å². The van der Waals surface area contributed by atoms with Gasteiger partial charge in [-0.15, -0.1) is 0 Å². The molecule has 3 unspecified atom stereocenters. The highest BCUT2D eigenvalue weighted by Crippen LogP contribution is 2.27. The first-order valence-corrected chi connectivity index (χ1v) is 6.29. The summed E-state index contributed by atoms with van der Waals surface area (Å²) in [7, 11) is 1.69. The molecule has 0 bridgehead atoms. The minimum Gasteiger partial charge on any atom is -0.382 e. The molecule has 16 heavy (non-hydrogen) atoms. The van der Waals surface area contributed by atoms with Gasteiger partial charge >= 0.3 is 0 Å². The predicted molar refractivity (Wildman–Crippen MR) is 63.7 cm³/mol. The lowest BCUT2D eigenvalue weighted by atomic mass is 9.85. The van der Waals surface area contributed by atoms with Gasteiger partial charge in [-0.25, -0.2) is 0 Å². The molecule has 0 amide bonds. The molecule has 0 aromatic rings. The largest absolute Gasteiger partial charge is 0.382 e. The molecule has 1 saturated carbocycles. The second-order valence-corrected chi connectivity index (χ2v) is 4.12. The highest BCUT2D eigenvalue weighted by atomic mass is 16.6. The van der Waals surface area contributed by atoms with E-state index in [2.05, 4.69) is 12.2 Å². The van der Waals surface area contributed by atoms with Gasteiger partial charge in [0, 0.05) is 19.8 Å². The summed E-state index contributed by atoms with van der Waals surface area (Å²) in [4.78, 5) is 0.